The van der Waals surface area contributed by atoms with Crippen molar-refractivity contribution in [3.8, 4) is 0 Å². The molecule has 1 amide bonds. The number of fused-ring (bicyclic) bond motifs is 1. The van der Waals surface area contributed by atoms with Gasteiger partial charge in [-0.15, -0.1) is 0 Å². The van der Waals surface area contributed by atoms with Gasteiger partial charge in [-0.3, -0.25) is 13.8 Å². The van der Waals surface area contributed by atoms with Crippen LogP contribution in [0, 0.1) is 6.92 Å². The Morgan fingerprint density at radius 1 is 1.06 bits per heavy atom. The molecule has 2 heterocycles. The number of carbonyl (C=O) groups excluding carboxylic acids is 1. The van der Waals surface area contributed by atoms with Crippen LogP contribution in [0.15, 0.2) is 71.8 Å². The Bertz CT molecular complexity index is 1380. The van der Waals surface area contributed by atoms with Crippen LogP contribution in [0.5, 0.6) is 0 Å². The molecular weight excluding hydrogens is 414 g/mol. The molecule has 0 radical (unpaired) electrons. The first-order valence-electron chi connectivity index (χ1n) is 9.52. The zero-order valence-corrected chi connectivity index (χ0v) is 18.1. The summed E-state index contributed by atoms with van der Waals surface area (Å²) in [5.74, 6) is -0.386. The molecule has 0 aliphatic rings. The summed E-state index contributed by atoms with van der Waals surface area (Å²) in [5, 5.41) is 7.85. The number of para-hydroxylation sites is 1. The second-order valence-electron chi connectivity index (χ2n) is 7.09. The maximum absolute atomic E-state index is 13.0. The van der Waals surface area contributed by atoms with E-state index in [1.165, 1.54) is 29.7 Å². The van der Waals surface area contributed by atoms with Crippen molar-refractivity contribution in [2.24, 2.45) is 7.05 Å². The van der Waals surface area contributed by atoms with Crippen LogP contribution < -0.4 is 9.62 Å². The number of nitrogens with one attached hydrogen (secondary N) is 1. The summed E-state index contributed by atoms with van der Waals surface area (Å²) in [5.41, 5.74) is 2.74. The third-order valence-electron chi connectivity index (χ3n) is 5.00. The van der Waals surface area contributed by atoms with Gasteiger partial charge in [0.1, 0.15) is 0 Å². The highest BCUT2D eigenvalue weighted by Crippen LogP contribution is 2.24. The molecule has 0 atom stereocenters. The van der Waals surface area contributed by atoms with Crippen molar-refractivity contribution in [3.63, 3.8) is 0 Å². The van der Waals surface area contributed by atoms with Crippen molar-refractivity contribution in [2.75, 3.05) is 16.7 Å². The molecule has 0 fully saturated rings. The zero-order chi connectivity index (χ0) is 22.2. The Morgan fingerprint density at radius 2 is 1.81 bits per heavy atom. The zero-order valence-electron chi connectivity index (χ0n) is 17.3. The van der Waals surface area contributed by atoms with E-state index in [0.717, 1.165) is 11.1 Å². The van der Waals surface area contributed by atoms with E-state index in [2.05, 4.69) is 15.4 Å². The van der Waals surface area contributed by atoms with E-state index in [9.17, 15) is 13.2 Å². The van der Waals surface area contributed by atoms with Crippen LogP contribution in [-0.2, 0) is 17.1 Å². The fourth-order valence-electron chi connectivity index (χ4n) is 3.30. The van der Waals surface area contributed by atoms with Crippen molar-refractivity contribution in [1.82, 2.24) is 14.8 Å². The third-order valence-corrected chi connectivity index (χ3v) is 6.78. The summed E-state index contributed by atoms with van der Waals surface area (Å²) in [6.45, 7) is 1.85. The van der Waals surface area contributed by atoms with Crippen LogP contribution in [0.25, 0.3) is 11.0 Å². The van der Waals surface area contributed by atoms with Gasteiger partial charge < -0.3 is 5.32 Å². The largest absolute Gasteiger partial charge is 0.322 e. The van der Waals surface area contributed by atoms with E-state index in [1.807, 2.05) is 13.0 Å². The summed E-state index contributed by atoms with van der Waals surface area (Å²) in [7, 11) is -0.503. The van der Waals surface area contributed by atoms with E-state index < -0.39 is 10.0 Å². The molecule has 0 aliphatic heterocycles. The molecule has 0 aliphatic carbocycles. The van der Waals surface area contributed by atoms with E-state index in [4.69, 9.17) is 0 Å². The van der Waals surface area contributed by atoms with Gasteiger partial charge in [-0.05, 0) is 43.3 Å². The van der Waals surface area contributed by atoms with Gasteiger partial charge in [-0.25, -0.2) is 13.4 Å². The molecule has 0 spiro atoms. The molecule has 0 unspecified atom stereocenters. The number of hydrogen-bond donors (Lipinski definition) is 1. The second-order valence-corrected chi connectivity index (χ2v) is 9.06. The maximum atomic E-state index is 13.0. The van der Waals surface area contributed by atoms with Gasteiger partial charge in [0.25, 0.3) is 15.9 Å². The normalized spacial score (nSPS) is 11.5. The number of hydrogen-bond acceptors (Lipinski definition) is 5. The minimum Gasteiger partial charge on any atom is -0.322 e. The maximum Gasteiger partial charge on any atom is 0.264 e. The van der Waals surface area contributed by atoms with Crippen molar-refractivity contribution in [2.45, 2.75) is 11.8 Å². The van der Waals surface area contributed by atoms with E-state index in [-0.39, 0.29) is 10.8 Å². The predicted molar refractivity (Wildman–Crippen MR) is 120 cm³/mol. The Hall–Kier alpha value is -3.72. The third kappa shape index (κ3) is 3.87. The Morgan fingerprint density at radius 3 is 2.55 bits per heavy atom. The summed E-state index contributed by atoms with van der Waals surface area (Å²) < 4.78 is 28.9. The highest BCUT2D eigenvalue weighted by Gasteiger charge is 2.22. The van der Waals surface area contributed by atoms with Crippen molar-refractivity contribution >= 4 is 38.3 Å². The monoisotopic (exact) mass is 435 g/mol. The molecule has 4 aromatic rings. The lowest BCUT2D eigenvalue weighted by molar-refractivity contribution is 0.102. The quantitative estimate of drug-likeness (QED) is 0.518. The molecule has 0 saturated heterocycles. The molecule has 0 saturated carbocycles. The lowest BCUT2D eigenvalue weighted by Gasteiger charge is -2.19. The van der Waals surface area contributed by atoms with Crippen LogP contribution >= 0.6 is 0 Å². The first-order valence-corrected chi connectivity index (χ1v) is 11.0. The number of sulfonamides is 1. The highest BCUT2D eigenvalue weighted by molar-refractivity contribution is 7.92. The fourth-order valence-corrected chi connectivity index (χ4v) is 4.55. The van der Waals surface area contributed by atoms with Gasteiger partial charge in [-0.2, -0.15) is 5.10 Å². The molecule has 2 aromatic heterocycles. The number of amides is 1. The molecular formula is C22H21N5O3S. The molecule has 4 rings (SSSR count). The number of rotatable bonds is 5. The van der Waals surface area contributed by atoms with E-state index >= 15 is 0 Å². The summed E-state index contributed by atoms with van der Waals surface area (Å²) in [6.07, 6.45) is 1.47. The van der Waals surface area contributed by atoms with Crippen molar-refractivity contribution in [3.05, 3.63) is 78.1 Å². The molecule has 31 heavy (non-hydrogen) atoms. The van der Waals surface area contributed by atoms with E-state index in [0.29, 0.717) is 22.6 Å². The first kappa shape index (κ1) is 20.5. The minimum atomic E-state index is -3.79. The Balaban J connectivity index is 1.60. The standard InChI is InChI=1S/C22H21N5O3S/c1-15-20-12-16(14-23-21(20)26(2)25-15)22(28)24-17-8-7-11-19(13-17)31(29,30)27(3)18-9-5-4-6-10-18/h4-14H,1-3H3,(H,24,28). The van der Waals surface area contributed by atoms with Gasteiger partial charge in [-0.1, -0.05) is 24.3 Å². The summed E-state index contributed by atoms with van der Waals surface area (Å²) >= 11 is 0. The molecule has 9 heteroatoms. The van der Waals surface area contributed by atoms with Gasteiger partial charge in [0, 0.05) is 31.4 Å². The van der Waals surface area contributed by atoms with Gasteiger partial charge in [0.2, 0.25) is 0 Å². The topological polar surface area (TPSA) is 97.2 Å². The molecule has 158 valence electrons. The van der Waals surface area contributed by atoms with Crippen LogP contribution in [0.2, 0.25) is 0 Å². The van der Waals surface area contributed by atoms with E-state index in [1.54, 1.807) is 54.2 Å². The highest BCUT2D eigenvalue weighted by atomic mass is 32.2. The average Bonchev–Trinajstić information content (AvgIpc) is 3.07. The first-order chi connectivity index (χ1) is 14.8. The Labute approximate surface area is 180 Å². The lowest BCUT2D eigenvalue weighted by atomic mass is 10.2. The number of aryl methyl sites for hydroxylation is 2. The molecule has 8 nitrogen and oxygen atoms in total. The predicted octanol–water partition coefficient (Wildman–Crippen LogP) is 3.35. The van der Waals surface area contributed by atoms with Gasteiger partial charge in [0.15, 0.2) is 5.65 Å². The van der Waals surface area contributed by atoms with Gasteiger partial charge >= 0.3 is 0 Å². The molecule has 1 N–H and O–H groups in total. The number of pyridine rings is 1. The number of anilines is 2. The summed E-state index contributed by atoms with van der Waals surface area (Å²) in [4.78, 5) is 17.1. The lowest BCUT2D eigenvalue weighted by Crippen LogP contribution is -2.26. The van der Waals surface area contributed by atoms with Crippen LogP contribution in [-0.4, -0.2) is 36.1 Å². The minimum absolute atomic E-state index is 0.0772. The van der Waals surface area contributed by atoms with Crippen LogP contribution in [0.4, 0.5) is 11.4 Å². The SMILES string of the molecule is Cc1nn(C)c2ncc(C(=O)Nc3cccc(S(=O)(=O)N(C)c4ccccc4)c3)cc12. The fraction of sp³-hybridized carbons (Fsp3) is 0.136. The smallest absolute Gasteiger partial charge is 0.264 e. The molecule has 2 aromatic carbocycles. The van der Waals surface area contributed by atoms with Crippen molar-refractivity contribution < 1.29 is 13.2 Å². The number of aromatic nitrogens is 3. The van der Waals surface area contributed by atoms with Crippen molar-refractivity contribution in [1.29, 1.82) is 0 Å². The number of benzene rings is 2. The summed E-state index contributed by atoms with van der Waals surface area (Å²) in [6, 6.07) is 16.7. The second kappa shape index (κ2) is 7.84. The number of nitrogens with zero attached hydrogens (tertiary/aromatic N) is 4. The van der Waals surface area contributed by atoms with Gasteiger partial charge in [0.05, 0.1) is 21.8 Å². The van der Waals surface area contributed by atoms with Crippen LogP contribution in [0.1, 0.15) is 16.1 Å². The van der Waals surface area contributed by atoms with Crippen LogP contribution in [0.3, 0.4) is 0 Å². The Kier molecular flexibility index (Phi) is 5.20. The number of carbonyl (C=O) groups is 1. The molecule has 0 bridgehead atoms. The average molecular weight is 436 g/mol.